The van der Waals surface area contributed by atoms with Crippen molar-refractivity contribution in [3.8, 4) is 0 Å². The molecule has 0 spiro atoms. The lowest BCUT2D eigenvalue weighted by molar-refractivity contribution is -0.142. The van der Waals surface area contributed by atoms with Crippen LogP contribution in [0, 0.1) is 6.92 Å². The van der Waals surface area contributed by atoms with Crippen molar-refractivity contribution in [1.82, 2.24) is 5.32 Å². The van der Waals surface area contributed by atoms with E-state index in [4.69, 9.17) is 16.3 Å². The molecule has 0 radical (unpaired) electrons. The topological polar surface area (TPSA) is 64.6 Å². The van der Waals surface area contributed by atoms with Crippen molar-refractivity contribution >= 4 is 23.7 Å². The zero-order chi connectivity index (χ0) is 17.2. The summed E-state index contributed by atoms with van der Waals surface area (Å²) in [5, 5.41) is 3.09. The summed E-state index contributed by atoms with van der Waals surface area (Å²) in [6.07, 6.45) is -0.620. The summed E-state index contributed by atoms with van der Waals surface area (Å²) in [5.41, 5.74) is 0.688. The first kappa shape index (κ1) is 20.2. The van der Waals surface area contributed by atoms with E-state index in [1.165, 1.54) is 5.56 Å². The number of esters is 1. The molecule has 0 bridgehead atoms. The zero-order valence-corrected chi connectivity index (χ0v) is 14.5. The third-order valence-electron chi connectivity index (χ3n) is 2.09. The van der Waals surface area contributed by atoms with Gasteiger partial charge in [0.25, 0.3) is 0 Å². The highest BCUT2D eigenvalue weighted by atomic mass is 35.5. The summed E-state index contributed by atoms with van der Waals surface area (Å²) in [4.78, 5) is 21.8. The van der Waals surface area contributed by atoms with Gasteiger partial charge >= 0.3 is 12.1 Å². The molecular weight excluding hydrogens is 306 g/mol. The smallest absolute Gasteiger partial charge is 0.408 e. The Morgan fingerprint density at radius 2 is 1.73 bits per heavy atom. The Morgan fingerprint density at radius 1 is 1.18 bits per heavy atom. The van der Waals surface area contributed by atoms with Gasteiger partial charge in [0.15, 0.2) is 0 Å². The minimum absolute atomic E-state index is 0.164. The number of aryl methyl sites for hydroxylation is 1. The molecule has 0 aromatic heterocycles. The fourth-order valence-electron chi connectivity index (χ4n) is 1.20. The van der Waals surface area contributed by atoms with Crippen LogP contribution >= 0.6 is 11.6 Å². The lowest BCUT2D eigenvalue weighted by Gasteiger charge is -2.19. The van der Waals surface area contributed by atoms with Gasteiger partial charge in [-0.3, -0.25) is 4.79 Å². The van der Waals surface area contributed by atoms with Crippen molar-refractivity contribution in [2.24, 2.45) is 0 Å². The average Bonchev–Trinajstić information content (AvgIpc) is 2.39. The summed E-state index contributed by atoms with van der Waals surface area (Å²) >= 11 is 5.61. The molecule has 124 valence electrons. The van der Waals surface area contributed by atoms with Crippen LogP contribution in [0.25, 0.3) is 0 Å². The van der Waals surface area contributed by atoms with E-state index in [2.05, 4.69) is 10.1 Å². The van der Waals surface area contributed by atoms with Crippen LogP contribution in [-0.2, 0) is 14.3 Å². The Kier molecular flexibility index (Phi) is 9.26. The highest BCUT2D eigenvalue weighted by molar-refractivity contribution is 6.30. The molecular formula is C16H24ClNO4. The molecule has 22 heavy (non-hydrogen) atoms. The molecule has 0 aliphatic rings. The zero-order valence-electron chi connectivity index (χ0n) is 13.7. The molecule has 1 amide bonds. The number of hydrogen-bond acceptors (Lipinski definition) is 4. The van der Waals surface area contributed by atoms with Gasteiger partial charge in [0, 0.05) is 5.02 Å². The van der Waals surface area contributed by atoms with Crippen LogP contribution in [0.15, 0.2) is 24.3 Å². The largest absolute Gasteiger partial charge is 0.465 e. The Balaban J connectivity index is 0.000000461. The van der Waals surface area contributed by atoms with Crippen LogP contribution in [0.2, 0.25) is 5.02 Å². The molecule has 0 aliphatic heterocycles. The Bertz CT molecular complexity index is 445. The highest BCUT2D eigenvalue weighted by Crippen LogP contribution is 2.07. The van der Waals surface area contributed by atoms with Crippen LogP contribution < -0.4 is 5.32 Å². The minimum atomic E-state index is -0.620. The van der Waals surface area contributed by atoms with Gasteiger partial charge in [-0.05, 0) is 46.8 Å². The van der Waals surface area contributed by atoms with Crippen molar-refractivity contribution in [2.45, 2.75) is 40.2 Å². The monoisotopic (exact) mass is 329 g/mol. The first-order valence-corrected chi connectivity index (χ1v) is 7.36. The van der Waals surface area contributed by atoms with Gasteiger partial charge in [0.05, 0.1) is 6.61 Å². The molecule has 6 heteroatoms. The van der Waals surface area contributed by atoms with Crippen LogP contribution in [0.1, 0.15) is 33.3 Å². The fourth-order valence-corrected chi connectivity index (χ4v) is 1.33. The summed E-state index contributed by atoms with van der Waals surface area (Å²) in [7, 11) is 0. The normalized spacial score (nSPS) is 10.1. The number of rotatable bonds is 3. The van der Waals surface area contributed by atoms with Crippen molar-refractivity contribution in [1.29, 1.82) is 0 Å². The van der Waals surface area contributed by atoms with E-state index < -0.39 is 17.7 Å². The Morgan fingerprint density at radius 3 is 2.14 bits per heavy atom. The number of benzene rings is 1. The van der Waals surface area contributed by atoms with E-state index in [0.717, 1.165) is 5.02 Å². The van der Waals surface area contributed by atoms with E-state index in [1.54, 1.807) is 27.7 Å². The van der Waals surface area contributed by atoms with Crippen molar-refractivity contribution in [2.75, 3.05) is 13.2 Å². The molecule has 1 rings (SSSR count). The second kappa shape index (κ2) is 10.1. The molecule has 0 aliphatic carbocycles. The SMILES string of the molecule is CCOC(=O)CNC(=O)OC(C)(C)C.Cc1ccc(Cl)cc1. The molecule has 0 atom stereocenters. The molecule has 1 N–H and O–H groups in total. The van der Waals surface area contributed by atoms with E-state index >= 15 is 0 Å². The molecule has 5 nitrogen and oxygen atoms in total. The van der Waals surface area contributed by atoms with Crippen molar-refractivity contribution < 1.29 is 19.1 Å². The average molecular weight is 330 g/mol. The second-order valence-electron chi connectivity index (χ2n) is 5.46. The van der Waals surface area contributed by atoms with Gasteiger partial charge in [-0.25, -0.2) is 4.79 Å². The molecule has 0 heterocycles. The predicted molar refractivity (Wildman–Crippen MR) is 87.1 cm³/mol. The van der Waals surface area contributed by atoms with Crippen molar-refractivity contribution in [3.63, 3.8) is 0 Å². The quantitative estimate of drug-likeness (QED) is 0.858. The van der Waals surface area contributed by atoms with Gasteiger partial charge in [-0.2, -0.15) is 0 Å². The summed E-state index contributed by atoms with van der Waals surface area (Å²) < 4.78 is 9.52. The van der Waals surface area contributed by atoms with Crippen LogP contribution in [0.5, 0.6) is 0 Å². The van der Waals surface area contributed by atoms with Gasteiger partial charge in [-0.1, -0.05) is 29.3 Å². The lowest BCUT2D eigenvalue weighted by atomic mass is 10.2. The number of ether oxygens (including phenoxy) is 2. The second-order valence-corrected chi connectivity index (χ2v) is 5.89. The maximum Gasteiger partial charge on any atom is 0.408 e. The number of alkyl carbamates (subject to hydrolysis) is 1. The number of amides is 1. The molecule has 1 aromatic rings. The Labute approximate surface area is 136 Å². The van der Waals surface area contributed by atoms with Gasteiger partial charge in [0.2, 0.25) is 0 Å². The first-order valence-electron chi connectivity index (χ1n) is 6.98. The number of hydrogen-bond donors (Lipinski definition) is 1. The molecule has 0 saturated carbocycles. The van der Waals surface area contributed by atoms with E-state index in [0.29, 0.717) is 6.61 Å². The standard InChI is InChI=1S/C9H17NO4.C7H7Cl/c1-5-13-7(11)6-10-8(12)14-9(2,3)4;1-6-2-4-7(8)5-3-6/h5-6H2,1-4H3,(H,10,12);2-5H,1H3. The summed E-state index contributed by atoms with van der Waals surface area (Å²) in [5.74, 6) is -0.474. The number of carbonyl (C=O) groups is 2. The fraction of sp³-hybridized carbons (Fsp3) is 0.500. The van der Waals surface area contributed by atoms with E-state index in [9.17, 15) is 9.59 Å². The van der Waals surface area contributed by atoms with Gasteiger partial charge in [0.1, 0.15) is 12.1 Å². The maximum atomic E-state index is 11.0. The van der Waals surface area contributed by atoms with Crippen molar-refractivity contribution in [3.05, 3.63) is 34.9 Å². The van der Waals surface area contributed by atoms with E-state index in [-0.39, 0.29) is 6.54 Å². The molecule has 1 aromatic carbocycles. The third kappa shape index (κ3) is 12.0. The van der Waals surface area contributed by atoms with Gasteiger partial charge < -0.3 is 14.8 Å². The minimum Gasteiger partial charge on any atom is -0.465 e. The number of nitrogens with one attached hydrogen (secondary N) is 1. The first-order chi connectivity index (χ1) is 10.1. The molecule has 0 fully saturated rings. The number of halogens is 1. The Hall–Kier alpha value is -1.75. The van der Waals surface area contributed by atoms with E-state index in [1.807, 2.05) is 31.2 Å². The highest BCUT2D eigenvalue weighted by Gasteiger charge is 2.16. The third-order valence-corrected chi connectivity index (χ3v) is 2.34. The predicted octanol–water partition coefficient (Wildman–Crippen LogP) is 3.72. The van der Waals surface area contributed by atoms with Crippen LogP contribution in [0.3, 0.4) is 0 Å². The van der Waals surface area contributed by atoms with Crippen LogP contribution in [-0.4, -0.2) is 30.8 Å². The maximum absolute atomic E-state index is 11.0. The summed E-state index contributed by atoms with van der Waals surface area (Å²) in [6.45, 7) is 9.12. The number of carbonyl (C=O) groups excluding carboxylic acids is 2. The van der Waals surface area contributed by atoms with Gasteiger partial charge in [-0.15, -0.1) is 0 Å². The molecule has 0 unspecified atom stereocenters. The molecule has 0 saturated heterocycles. The lowest BCUT2D eigenvalue weighted by Crippen LogP contribution is -2.36. The van der Waals surface area contributed by atoms with Crippen LogP contribution in [0.4, 0.5) is 4.79 Å². The summed E-state index contributed by atoms with van der Waals surface area (Å²) in [6, 6.07) is 7.75.